The van der Waals surface area contributed by atoms with Crippen LogP contribution in [0.2, 0.25) is 0 Å². The standard InChI is InChI=1S/C15H19NO3/c1-15(2,3)19-14(17)16-11-7-9-12-8-5-6-10-13(12)18-4/h5-6,8,10H,11H2,1-4H3,(H,16,17). The van der Waals surface area contributed by atoms with Crippen LogP contribution in [0.1, 0.15) is 26.3 Å². The third kappa shape index (κ3) is 5.82. The van der Waals surface area contributed by atoms with Crippen molar-refractivity contribution in [1.82, 2.24) is 5.32 Å². The van der Waals surface area contributed by atoms with Crippen molar-refractivity contribution in [3.8, 4) is 17.6 Å². The molecule has 1 aromatic rings. The zero-order chi connectivity index (χ0) is 14.3. The van der Waals surface area contributed by atoms with Crippen LogP contribution in [-0.2, 0) is 4.74 Å². The number of para-hydroxylation sites is 1. The van der Waals surface area contributed by atoms with E-state index in [1.54, 1.807) is 7.11 Å². The SMILES string of the molecule is COc1ccccc1C#CCNC(=O)OC(C)(C)C. The van der Waals surface area contributed by atoms with Crippen LogP contribution in [-0.4, -0.2) is 25.3 Å². The van der Waals surface area contributed by atoms with Crippen molar-refractivity contribution in [1.29, 1.82) is 0 Å². The molecule has 4 heteroatoms. The topological polar surface area (TPSA) is 47.6 Å². The third-order valence-electron chi connectivity index (χ3n) is 2.05. The molecular formula is C15H19NO3. The Hall–Kier alpha value is -2.15. The molecule has 0 spiro atoms. The zero-order valence-electron chi connectivity index (χ0n) is 11.7. The van der Waals surface area contributed by atoms with Crippen LogP contribution >= 0.6 is 0 Å². The largest absolute Gasteiger partial charge is 0.495 e. The maximum atomic E-state index is 11.4. The van der Waals surface area contributed by atoms with E-state index in [4.69, 9.17) is 9.47 Å². The van der Waals surface area contributed by atoms with Crippen LogP contribution in [0.4, 0.5) is 4.79 Å². The Bertz CT molecular complexity index is 492. The second kappa shape index (κ2) is 6.69. The van der Waals surface area contributed by atoms with Gasteiger partial charge in [0, 0.05) is 0 Å². The Morgan fingerprint density at radius 2 is 2.00 bits per heavy atom. The van der Waals surface area contributed by atoms with Crippen molar-refractivity contribution in [3.63, 3.8) is 0 Å². The average molecular weight is 261 g/mol. The molecule has 0 aliphatic carbocycles. The van der Waals surface area contributed by atoms with Gasteiger partial charge in [-0.3, -0.25) is 0 Å². The number of methoxy groups -OCH3 is 1. The van der Waals surface area contributed by atoms with E-state index in [1.165, 1.54) is 0 Å². The Morgan fingerprint density at radius 3 is 2.63 bits per heavy atom. The van der Waals surface area contributed by atoms with E-state index in [9.17, 15) is 4.79 Å². The molecule has 4 nitrogen and oxygen atoms in total. The van der Waals surface area contributed by atoms with E-state index >= 15 is 0 Å². The van der Waals surface area contributed by atoms with Gasteiger partial charge in [-0.25, -0.2) is 4.79 Å². The lowest BCUT2D eigenvalue weighted by Gasteiger charge is -2.19. The molecule has 0 heterocycles. The van der Waals surface area contributed by atoms with Gasteiger partial charge in [-0.2, -0.15) is 0 Å². The smallest absolute Gasteiger partial charge is 0.408 e. The number of hydrogen-bond acceptors (Lipinski definition) is 3. The number of nitrogens with one attached hydrogen (secondary N) is 1. The van der Waals surface area contributed by atoms with Gasteiger partial charge in [0.2, 0.25) is 0 Å². The molecule has 0 fully saturated rings. The van der Waals surface area contributed by atoms with E-state index in [0.29, 0.717) is 5.75 Å². The van der Waals surface area contributed by atoms with Gasteiger partial charge in [0.25, 0.3) is 0 Å². The molecule has 0 unspecified atom stereocenters. The minimum absolute atomic E-state index is 0.229. The number of ether oxygens (including phenoxy) is 2. The van der Waals surface area contributed by atoms with Gasteiger partial charge in [-0.15, -0.1) is 0 Å². The van der Waals surface area contributed by atoms with E-state index in [2.05, 4.69) is 17.2 Å². The number of benzene rings is 1. The summed E-state index contributed by atoms with van der Waals surface area (Å²) in [5, 5.41) is 2.57. The highest BCUT2D eigenvalue weighted by atomic mass is 16.6. The normalized spacial score (nSPS) is 10.1. The number of alkyl carbamates (subject to hydrolysis) is 1. The van der Waals surface area contributed by atoms with Gasteiger partial charge in [-0.1, -0.05) is 24.0 Å². The van der Waals surface area contributed by atoms with E-state index < -0.39 is 11.7 Å². The summed E-state index contributed by atoms with van der Waals surface area (Å²) in [6, 6.07) is 7.46. The number of carbonyl (C=O) groups is 1. The second-order valence-electron chi connectivity index (χ2n) is 4.86. The number of amides is 1. The Balaban J connectivity index is 2.50. The second-order valence-corrected chi connectivity index (χ2v) is 4.86. The molecule has 0 saturated carbocycles. The molecular weight excluding hydrogens is 242 g/mol. The first-order chi connectivity index (χ1) is 8.92. The van der Waals surface area contributed by atoms with Crippen molar-refractivity contribution in [3.05, 3.63) is 29.8 Å². The number of carbonyl (C=O) groups excluding carboxylic acids is 1. The molecule has 0 saturated heterocycles. The summed E-state index contributed by atoms with van der Waals surface area (Å²) in [5.41, 5.74) is 0.288. The van der Waals surface area contributed by atoms with Gasteiger partial charge >= 0.3 is 6.09 Å². The lowest BCUT2D eigenvalue weighted by Crippen LogP contribution is -2.32. The number of rotatable bonds is 2. The predicted octanol–water partition coefficient (Wildman–Crippen LogP) is 2.57. The summed E-state index contributed by atoms with van der Waals surface area (Å²) < 4.78 is 10.3. The summed E-state index contributed by atoms with van der Waals surface area (Å²) in [4.78, 5) is 11.4. The maximum absolute atomic E-state index is 11.4. The van der Waals surface area contributed by atoms with Crippen molar-refractivity contribution in [2.24, 2.45) is 0 Å². The maximum Gasteiger partial charge on any atom is 0.408 e. The molecule has 102 valence electrons. The summed E-state index contributed by atoms with van der Waals surface area (Å²) in [5.74, 6) is 6.50. The highest BCUT2D eigenvalue weighted by Crippen LogP contribution is 2.15. The van der Waals surface area contributed by atoms with Crippen molar-refractivity contribution < 1.29 is 14.3 Å². The van der Waals surface area contributed by atoms with Gasteiger partial charge in [0.05, 0.1) is 19.2 Å². The quantitative estimate of drug-likeness (QED) is 0.832. The van der Waals surface area contributed by atoms with E-state index in [1.807, 2.05) is 45.0 Å². The molecule has 0 aromatic heterocycles. The summed E-state index contributed by atoms with van der Waals surface area (Å²) in [6.45, 7) is 5.67. The van der Waals surface area contributed by atoms with Crippen LogP contribution in [0.3, 0.4) is 0 Å². The van der Waals surface area contributed by atoms with Crippen molar-refractivity contribution in [2.75, 3.05) is 13.7 Å². The molecule has 0 radical (unpaired) electrons. The molecule has 19 heavy (non-hydrogen) atoms. The molecule has 1 N–H and O–H groups in total. The molecule has 0 aliphatic rings. The van der Waals surface area contributed by atoms with Crippen LogP contribution in [0.25, 0.3) is 0 Å². The Kier molecular flexibility index (Phi) is 5.25. The van der Waals surface area contributed by atoms with E-state index in [-0.39, 0.29) is 6.54 Å². The van der Waals surface area contributed by atoms with Crippen LogP contribution in [0.5, 0.6) is 5.75 Å². The Labute approximate surface area is 114 Å². The fourth-order valence-electron chi connectivity index (χ4n) is 1.32. The monoisotopic (exact) mass is 261 g/mol. The number of hydrogen-bond donors (Lipinski definition) is 1. The summed E-state index contributed by atoms with van der Waals surface area (Å²) >= 11 is 0. The highest BCUT2D eigenvalue weighted by molar-refractivity contribution is 5.68. The van der Waals surface area contributed by atoms with Gasteiger partial charge < -0.3 is 14.8 Å². The molecule has 1 amide bonds. The van der Waals surface area contributed by atoms with Crippen LogP contribution < -0.4 is 10.1 Å². The fourth-order valence-corrected chi connectivity index (χ4v) is 1.32. The molecule has 1 rings (SSSR count). The van der Waals surface area contributed by atoms with Crippen LogP contribution in [0.15, 0.2) is 24.3 Å². The Morgan fingerprint density at radius 1 is 1.32 bits per heavy atom. The zero-order valence-corrected chi connectivity index (χ0v) is 11.7. The lowest BCUT2D eigenvalue weighted by atomic mass is 10.2. The first kappa shape index (κ1) is 14.9. The van der Waals surface area contributed by atoms with Crippen LogP contribution in [0, 0.1) is 11.8 Å². The minimum Gasteiger partial charge on any atom is -0.495 e. The molecule has 0 atom stereocenters. The summed E-state index contributed by atoms with van der Waals surface area (Å²) in [7, 11) is 1.60. The molecule has 0 aliphatic heterocycles. The average Bonchev–Trinajstić information content (AvgIpc) is 2.33. The van der Waals surface area contributed by atoms with E-state index in [0.717, 1.165) is 5.56 Å². The molecule has 0 bridgehead atoms. The van der Waals surface area contributed by atoms with Crippen molar-refractivity contribution >= 4 is 6.09 Å². The first-order valence-corrected chi connectivity index (χ1v) is 6.01. The lowest BCUT2D eigenvalue weighted by molar-refractivity contribution is 0.0535. The van der Waals surface area contributed by atoms with Crippen molar-refractivity contribution in [2.45, 2.75) is 26.4 Å². The summed E-state index contributed by atoms with van der Waals surface area (Å²) in [6.07, 6.45) is -0.471. The fraction of sp³-hybridized carbons (Fsp3) is 0.400. The minimum atomic E-state index is -0.500. The van der Waals surface area contributed by atoms with Gasteiger partial charge in [-0.05, 0) is 32.9 Å². The molecule has 1 aromatic carbocycles. The predicted molar refractivity (Wildman–Crippen MR) is 74.1 cm³/mol. The van der Waals surface area contributed by atoms with Gasteiger partial charge in [0.1, 0.15) is 11.4 Å². The van der Waals surface area contributed by atoms with Gasteiger partial charge in [0.15, 0.2) is 0 Å². The first-order valence-electron chi connectivity index (χ1n) is 6.01. The third-order valence-corrected chi connectivity index (χ3v) is 2.05. The highest BCUT2D eigenvalue weighted by Gasteiger charge is 2.14.